The fraction of sp³-hybridized carbons (Fsp3) is 0.227. The number of ether oxygens (including phenoxy) is 3. The molecule has 0 atom stereocenters. The van der Waals surface area contributed by atoms with Gasteiger partial charge in [-0.15, -0.1) is 0 Å². The molecule has 0 spiro atoms. The Morgan fingerprint density at radius 1 is 1.13 bits per heavy atom. The van der Waals surface area contributed by atoms with E-state index in [0.717, 1.165) is 43.2 Å². The van der Waals surface area contributed by atoms with E-state index in [-0.39, 0.29) is 11.7 Å². The van der Waals surface area contributed by atoms with Crippen molar-refractivity contribution < 1.29 is 19.0 Å². The lowest BCUT2D eigenvalue weighted by Gasteiger charge is -2.19. The van der Waals surface area contributed by atoms with Gasteiger partial charge in [0.2, 0.25) is 5.91 Å². The summed E-state index contributed by atoms with van der Waals surface area (Å²) in [6.07, 6.45) is 0. The van der Waals surface area contributed by atoms with Crippen molar-refractivity contribution in [2.24, 2.45) is 0 Å². The van der Waals surface area contributed by atoms with Crippen LogP contribution < -0.4 is 19.5 Å². The Bertz CT molecular complexity index is 1310. The number of pyridine rings is 1. The van der Waals surface area contributed by atoms with E-state index in [1.807, 2.05) is 37.3 Å². The summed E-state index contributed by atoms with van der Waals surface area (Å²) in [6, 6.07) is 11.5. The number of anilines is 1. The van der Waals surface area contributed by atoms with Gasteiger partial charge in [0, 0.05) is 11.5 Å². The average Bonchev–Trinajstić information content (AvgIpc) is 3.17. The van der Waals surface area contributed by atoms with Crippen LogP contribution in [-0.4, -0.2) is 42.0 Å². The number of hydrogen-bond acceptors (Lipinski definition) is 8. The first kappa shape index (κ1) is 19.9. The monoisotopic (exact) mass is 453 g/mol. The number of rotatable bonds is 5. The number of fused-ring (bicyclic) bond motifs is 3. The number of methoxy groups -OCH3 is 1. The molecular weight excluding hydrogens is 434 g/mol. The Morgan fingerprint density at radius 2 is 1.94 bits per heavy atom. The number of nitrogens with one attached hydrogen (secondary N) is 1. The van der Waals surface area contributed by atoms with E-state index in [0.29, 0.717) is 24.1 Å². The second kappa shape index (κ2) is 8.24. The van der Waals surface area contributed by atoms with Crippen LogP contribution >= 0.6 is 23.1 Å². The molecule has 0 radical (unpaired) electrons. The lowest BCUT2D eigenvalue weighted by Crippen LogP contribution is -2.15. The molecule has 0 aliphatic carbocycles. The lowest BCUT2D eigenvalue weighted by atomic mass is 10.1. The van der Waals surface area contributed by atoms with Crippen molar-refractivity contribution in [2.45, 2.75) is 11.9 Å². The molecular formula is C22H19N3O4S2. The van der Waals surface area contributed by atoms with Gasteiger partial charge in [0.15, 0.2) is 16.6 Å². The zero-order valence-electron chi connectivity index (χ0n) is 16.9. The summed E-state index contributed by atoms with van der Waals surface area (Å²) in [5.74, 6) is 2.33. The molecule has 4 aromatic rings. The molecule has 3 heterocycles. The quantitative estimate of drug-likeness (QED) is 0.440. The van der Waals surface area contributed by atoms with Gasteiger partial charge in [-0.3, -0.25) is 4.79 Å². The Hall–Kier alpha value is -3.04. The smallest absolute Gasteiger partial charge is 0.236 e. The molecule has 158 valence electrons. The Morgan fingerprint density at radius 3 is 2.74 bits per heavy atom. The van der Waals surface area contributed by atoms with Crippen LogP contribution in [0, 0.1) is 6.92 Å². The fourth-order valence-electron chi connectivity index (χ4n) is 3.32. The molecule has 31 heavy (non-hydrogen) atoms. The van der Waals surface area contributed by atoms with E-state index >= 15 is 0 Å². The number of benzene rings is 2. The largest absolute Gasteiger partial charge is 0.497 e. The molecule has 9 heteroatoms. The van der Waals surface area contributed by atoms with Crippen LogP contribution in [0.25, 0.3) is 21.1 Å². The van der Waals surface area contributed by atoms with Crippen LogP contribution in [0.15, 0.2) is 41.4 Å². The first-order valence-electron chi connectivity index (χ1n) is 9.67. The molecule has 0 bridgehead atoms. The molecule has 5 rings (SSSR count). The van der Waals surface area contributed by atoms with Crippen molar-refractivity contribution in [2.75, 3.05) is 31.4 Å². The Balaban J connectivity index is 1.29. The maximum absolute atomic E-state index is 12.5. The Kier molecular flexibility index (Phi) is 5.29. The van der Waals surface area contributed by atoms with Gasteiger partial charge in [-0.1, -0.05) is 23.1 Å². The summed E-state index contributed by atoms with van der Waals surface area (Å²) in [5, 5.41) is 5.25. The van der Waals surface area contributed by atoms with Gasteiger partial charge >= 0.3 is 0 Å². The predicted molar refractivity (Wildman–Crippen MR) is 123 cm³/mol. The van der Waals surface area contributed by atoms with Crippen molar-refractivity contribution >= 4 is 55.3 Å². The van der Waals surface area contributed by atoms with E-state index in [1.54, 1.807) is 7.11 Å². The highest BCUT2D eigenvalue weighted by Gasteiger charge is 2.15. The number of aryl methyl sites for hydroxylation is 1. The van der Waals surface area contributed by atoms with Gasteiger partial charge in [-0.2, -0.15) is 0 Å². The number of aromatic nitrogens is 2. The molecule has 7 nitrogen and oxygen atoms in total. The van der Waals surface area contributed by atoms with Gasteiger partial charge < -0.3 is 19.5 Å². The minimum Gasteiger partial charge on any atom is -0.497 e. The summed E-state index contributed by atoms with van der Waals surface area (Å²) in [4.78, 5) is 21.7. The first-order chi connectivity index (χ1) is 15.1. The summed E-state index contributed by atoms with van der Waals surface area (Å²) in [6.45, 7) is 3.07. The normalized spacial score (nSPS) is 12.8. The van der Waals surface area contributed by atoms with Crippen LogP contribution in [0.5, 0.6) is 17.2 Å². The number of hydrogen-bond donors (Lipinski definition) is 1. The number of carbonyl (C=O) groups excluding carboxylic acids is 1. The van der Waals surface area contributed by atoms with Crippen LogP contribution in [-0.2, 0) is 4.79 Å². The first-order valence-corrected chi connectivity index (χ1v) is 11.5. The minimum atomic E-state index is -0.125. The van der Waals surface area contributed by atoms with Gasteiger partial charge in [-0.25, -0.2) is 9.97 Å². The molecule has 1 N–H and O–H groups in total. The van der Waals surface area contributed by atoms with Gasteiger partial charge in [0.25, 0.3) is 0 Å². The van der Waals surface area contributed by atoms with Crippen molar-refractivity contribution in [1.82, 2.24) is 9.97 Å². The van der Waals surface area contributed by atoms with E-state index < -0.39 is 0 Å². The van der Waals surface area contributed by atoms with Gasteiger partial charge in [-0.05, 0) is 42.8 Å². The summed E-state index contributed by atoms with van der Waals surface area (Å²) in [5.41, 5.74) is 2.65. The van der Waals surface area contributed by atoms with Crippen LogP contribution in [0.1, 0.15) is 5.56 Å². The maximum Gasteiger partial charge on any atom is 0.236 e. The van der Waals surface area contributed by atoms with Crippen molar-refractivity contribution in [3.8, 4) is 17.2 Å². The zero-order chi connectivity index (χ0) is 21.4. The molecule has 2 aromatic heterocycles. The topological polar surface area (TPSA) is 82.6 Å². The third-order valence-corrected chi connectivity index (χ3v) is 6.83. The van der Waals surface area contributed by atoms with Gasteiger partial charge in [0.05, 0.1) is 28.6 Å². The number of amides is 1. The van der Waals surface area contributed by atoms with E-state index in [2.05, 4.69) is 16.4 Å². The molecule has 1 aliphatic rings. The van der Waals surface area contributed by atoms with E-state index in [1.165, 1.54) is 23.1 Å². The molecule has 1 aliphatic heterocycles. The fourth-order valence-corrected chi connectivity index (χ4v) is 5.02. The second-order valence-corrected chi connectivity index (χ2v) is 8.98. The highest BCUT2D eigenvalue weighted by molar-refractivity contribution is 8.00. The lowest BCUT2D eigenvalue weighted by molar-refractivity contribution is -0.113. The SMILES string of the molecule is COc1ccc2nc(NC(=O)CSc3nc4cc5c(cc4cc3C)OCCO5)sc2c1. The van der Waals surface area contributed by atoms with Crippen LogP contribution in [0.3, 0.4) is 0 Å². The van der Waals surface area contributed by atoms with E-state index in [9.17, 15) is 4.79 Å². The van der Waals surface area contributed by atoms with Crippen molar-refractivity contribution in [1.29, 1.82) is 0 Å². The van der Waals surface area contributed by atoms with Gasteiger partial charge in [0.1, 0.15) is 24.0 Å². The van der Waals surface area contributed by atoms with Crippen LogP contribution in [0.2, 0.25) is 0 Å². The third-order valence-electron chi connectivity index (χ3n) is 4.80. The van der Waals surface area contributed by atoms with Crippen molar-refractivity contribution in [3.63, 3.8) is 0 Å². The summed E-state index contributed by atoms with van der Waals surface area (Å²) >= 11 is 2.82. The summed E-state index contributed by atoms with van der Waals surface area (Å²) < 4.78 is 17.5. The molecule has 0 saturated heterocycles. The molecule has 0 saturated carbocycles. The minimum absolute atomic E-state index is 0.125. The maximum atomic E-state index is 12.5. The zero-order valence-corrected chi connectivity index (χ0v) is 18.6. The highest BCUT2D eigenvalue weighted by Crippen LogP contribution is 2.36. The molecule has 0 fully saturated rings. The molecule has 1 amide bonds. The van der Waals surface area contributed by atoms with E-state index in [4.69, 9.17) is 19.2 Å². The summed E-state index contributed by atoms with van der Waals surface area (Å²) in [7, 11) is 1.63. The number of carbonyl (C=O) groups is 1. The highest BCUT2D eigenvalue weighted by atomic mass is 32.2. The average molecular weight is 454 g/mol. The predicted octanol–water partition coefficient (Wildman–Crippen LogP) is 4.66. The van der Waals surface area contributed by atoms with Crippen molar-refractivity contribution in [3.05, 3.63) is 42.0 Å². The third kappa shape index (κ3) is 4.11. The number of thiazole rings is 1. The Labute approximate surface area is 186 Å². The van der Waals surface area contributed by atoms with Crippen LogP contribution in [0.4, 0.5) is 5.13 Å². The number of thioether (sulfide) groups is 1. The molecule has 0 unspecified atom stereocenters. The standard InChI is InChI=1S/C22H19N3O4S2/c1-12-7-13-8-17-18(29-6-5-28-17)10-16(13)23-21(12)30-11-20(26)25-22-24-15-4-3-14(27-2)9-19(15)31-22/h3-4,7-10H,5-6,11H2,1-2H3,(H,24,25,26). The number of nitrogens with zero attached hydrogens (tertiary/aromatic N) is 2. The molecule has 2 aromatic carbocycles. The second-order valence-electron chi connectivity index (χ2n) is 6.99.